The van der Waals surface area contributed by atoms with E-state index in [0.717, 1.165) is 43.9 Å². The van der Waals surface area contributed by atoms with E-state index < -0.39 is 0 Å². The second-order valence-corrected chi connectivity index (χ2v) is 6.88. The molecular formula is C18H24ClN5O. The summed E-state index contributed by atoms with van der Waals surface area (Å²) in [6.45, 7) is 4.50. The SMILES string of the molecule is CCc1c(C(=O)N2CCCC(CNC)C2)nnn1-c1cccc(Cl)c1. The summed E-state index contributed by atoms with van der Waals surface area (Å²) in [7, 11) is 1.95. The van der Waals surface area contributed by atoms with E-state index >= 15 is 0 Å². The average molecular weight is 362 g/mol. The molecule has 2 aromatic rings. The Bertz CT molecular complexity index is 743. The number of carbonyl (C=O) groups excluding carboxylic acids is 1. The van der Waals surface area contributed by atoms with Crippen molar-refractivity contribution >= 4 is 17.5 Å². The van der Waals surface area contributed by atoms with Crippen LogP contribution >= 0.6 is 11.6 Å². The average Bonchev–Trinajstić information content (AvgIpc) is 3.05. The van der Waals surface area contributed by atoms with E-state index in [0.29, 0.717) is 23.1 Å². The normalized spacial score (nSPS) is 17.7. The third-order valence-corrected chi connectivity index (χ3v) is 4.89. The van der Waals surface area contributed by atoms with Crippen LogP contribution in [0.5, 0.6) is 0 Å². The van der Waals surface area contributed by atoms with Gasteiger partial charge in [-0.2, -0.15) is 0 Å². The van der Waals surface area contributed by atoms with E-state index in [1.807, 2.05) is 43.1 Å². The lowest BCUT2D eigenvalue weighted by molar-refractivity contribution is 0.0667. The molecule has 0 radical (unpaired) electrons. The van der Waals surface area contributed by atoms with Crippen molar-refractivity contribution in [2.24, 2.45) is 5.92 Å². The molecule has 0 aliphatic carbocycles. The highest BCUT2D eigenvalue weighted by Gasteiger charge is 2.28. The maximum absolute atomic E-state index is 13.0. The maximum atomic E-state index is 13.0. The summed E-state index contributed by atoms with van der Waals surface area (Å²) in [6.07, 6.45) is 2.86. The molecule has 1 saturated heterocycles. The zero-order chi connectivity index (χ0) is 17.8. The van der Waals surface area contributed by atoms with Crippen molar-refractivity contribution in [3.63, 3.8) is 0 Å². The summed E-state index contributed by atoms with van der Waals surface area (Å²) in [5.74, 6) is 0.474. The van der Waals surface area contributed by atoms with Gasteiger partial charge >= 0.3 is 0 Å². The zero-order valence-corrected chi connectivity index (χ0v) is 15.5. The highest BCUT2D eigenvalue weighted by Crippen LogP contribution is 2.21. The zero-order valence-electron chi connectivity index (χ0n) is 14.7. The number of carbonyl (C=O) groups is 1. The number of nitrogens with one attached hydrogen (secondary N) is 1. The molecule has 0 spiro atoms. The lowest BCUT2D eigenvalue weighted by Crippen LogP contribution is -2.42. The molecule has 0 bridgehead atoms. The van der Waals surface area contributed by atoms with Crippen molar-refractivity contribution < 1.29 is 4.79 Å². The largest absolute Gasteiger partial charge is 0.337 e. The molecule has 134 valence electrons. The number of piperidine rings is 1. The number of aromatic nitrogens is 3. The van der Waals surface area contributed by atoms with Gasteiger partial charge in [0.1, 0.15) is 0 Å². The van der Waals surface area contributed by atoms with Gasteiger partial charge < -0.3 is 10.2 Å². The van der Waals surface area contributed by atoms with Crippen LogP contribution in [0.4, 0.5) is 0 Å². The Kier molecular flexibility index (Phi) is 5.71. The summed E-state index contributed by atoms with van der Waals surface area (Å²) < 4.78 is 1.72. The first kappa shape index (κ1) is 17.9. The number of likely N-dealkylation sites (tertiary alicyclic amines) is 1. The monoisotopic (exact) mass is 361 g/mol. The number of nitrogens with zero attached hydrogens (tertiary/aromatic N) is 4. The fourth-order valence-electron chi connectivity index (χ4n) is 3.45. The molecule has 1 unspecified atom stereocenters. The van der Waals surface area contributed by atoms with E-state index in [-0.39, 0.29) is 5.91 Å². The molecule has 1 aromatic heterocycles. The quantitative estimate of drug-likeness (QED) is 0.889. The van der Waals surface area contributed by atoms with E-state index in [1.54, 1.807) is 4.68 Å². The molecule has 1 atom stereocenters. The van der Waals surface area contributed by atoms with Gasteiger partial charge in [-0.3, -0.25) is 4.79 Å². The van der Waals surface area contributed by atoms with Crippen LogP contribution < -0.4 is 5.32 Å². The molecule has 1 N–H and O–H groups in total. The van der Waals surface area contributed by atoms with Crippen LogP contribution in [0.25, 0.3) is 5.69 Å². The Labute approximate surface area is 153 Å². The van der Waals surface area contributed by atoms with Gasteiger partial charge in [0, 0.05) is 18.1 Å². The van der Waals surface area contributed by atoms with Crippen LogP contribution in [0.15, 0.2) is 24.3 Å². The summed E-state index contributed by atoms with van der Waals surface area (Å²) in [5.41, 5.74) is 2.10. The molecule has 1 aliphatic heterocycles. The Morgan fingerprint density at radius 1 is 1.44 bits per heavy atom. The van der Waals surface area contributed by atoms with Gasteiger partial charge in [0.15, 0.2) is 5.69 Å². The third kappa shape index (κ3) is 3.85. The van der Waals surface area contributed by atoms with Crippen LogP contribution in [0.2, 0.25) is 5.02 Å². The highest BCUT2D eigenvalue weighted by atomic mass is 35.5. The van der Waals surface area contributed by atoms with E-state index in [9.17, 15) is 4.79 Å². The van der Waals surface area contributed by atoms with Gasteiger partial charge in [-0.1, -0.05) is 29.8 Å². The second kappa shape index (κ2) is 7.97. The maximum Gasteiger partial charge on any atom is 0.276 e. The Balaban J connectivity index is 1.86. The molecule has 7 heteroatoms. The fraction of sp³-hybridized carbons (Fsp3) is 0.500. The third-order valence-electron chi connectivity index (χ3n) is 4.65. The van der Waals surface area contributed by atoms with Crippen LogP contribution in [0.1, 0.15) is 35.9 Å². The first-order valence-electron chi connectivity index (χ1n) is 8.78. The molecule has 0 saturated carbocycles. The summed E-state index contributed by atoms with van der Waals surface area (Å²) in [4.78, 5) is 14.9. The Hall–Kier alpha value is -1.92. The van der Waals surface area contributed by atoms with Crippen molar-refractivity contribution in [3.8, 4) is 5.69 Å². The van der Waals surface area contributed by atoms with Gasteiger partial charge in [0.2, 0.25) is 0 Å². The van der Waals surface area contributed by atoms with Crippen LogP contribution in [0.3, 0.4) is 0 Å². The van der Waals surface area contributed by atoms with E-state index in [4.69, 9.17) is 11.6 Å². The summed E-state index contributed by atoms with van der Waals surface area (Å²) in [6, 6.07) is 7.42. The number of rotatable bonds is 5. The minimum Gasteiger partial charge on any atom is -0.337 e. The van der Waals surface area contributed by atoms with Crippen molar-refractivity contribution in [3.05, 3.63) is 40.7 Å². The minimum absolute atomic E-state index is 0.0223. The van der Waals surface area contributed by atoms with Gasteiger partial charge in [-0.15, -0.1) is 5.10 Å². The van der Waals surface area contributed by atoms with Crippen molar-refractivity contribution in [2.45, 2.75) is 26.2 Å². The molecule has 3 rings (SSSR count). The lowest BCUT2D eigenvalue weighted by atomic mass is 9.97. The Morgan fingerprint density at radius 3 is 3.00 bits per heavy atom. The Morgan fingerprint density at radius 2 is 2.28 bits per heavy atom. The number of hydrogen-bond acceptors (Lipinski definition) is 4. The van der Waals surface area contributed by atoms with E-state index in [1.165, 1.54) is 0 Å². The summed E-state index contributed by atoms with van der Waals surface area (Å²) >= 11 is 6.08. The van der Waals surface area contributed by atoms with Crippen LogP contribution in [-0.4, -0.2) is 52.5 Å². The van der Waals surface area contributed by atoms with Crippen LogP contribution in [0, 0.1) is 5.92 Å². The molecule has 1 fully saturated rings. The van der Waals surface area contributed by atoms with Crippen molar-refractivity contribution in [1.29, 1.82) is 0 Å². The fourth-order valence-corrected chi connectivity index (χ4v) is 3.64. The number of benzene rings is 1. The number of hydrogen-bond donors (Lipinski definition) is 1. The predicted octanol–water partition coefficient (Wildman–Crippen LogP) is 2.55. The topological polar surface area (TPSA) is 63.1 Å². The van der Waals surface area contributed by atoms with Gasteiger partial charge in [0.05, 0.1) is 11.4 Å². The second-order valence-electron chi connectivity index (χ2n) is 6.45. The molecule has 1 aromatic carbocycles. The van der Waals surface area contributed by atoms with Crippen molar-refractivity contribution in [2.75, 3.05) is 26.7 Å². The molecule has 6 nitrogen and oxygen atoms in total. The number of amides is 1. The highest BCUT2D eigenvalue weighted by molar-refractivity contribution is 6.30. The predicted molar refractivity (Wildman–Crippen MR) is 98.3 cm³/mol. The molecule has 1 amide bonds. The first-order chi connectivity index (χ1) is 12.1. The van der Waals surface area contributed by atoms with Crippen LogP contribution in [-0.2, 0) is 6.42 Å². The number of halogens is 1. The van der Waals surface area contributed by atoms with Crippen molar-refractivity contribution in [1.82, 2.24) is 25.2 Å². The lowest BCUT2D eigenvalue weighted by Gasteiger charge is -2.32. The van der Waals surface area contributed by atoms with Gasteiger partial charge in [-0.25, -0.2) is 4.68 Å². The summed E-state index contributed by atoms with van der Waals surface area (Å²) in [5, 5.41) is 12.3. The minimum atomic E-state index is -0.0223. The smallest absolute Gasteiger partial charge is 0.276 e. The van der Waals surface area contributed by atoms with Gasteiger partial charge in [0.25, 0.3) is 5.91 Å². The molecule has 25 heavy (non-hydrogen) atoms. The van der Waals surface area contributed by atoms with Gasteiger partial charge in [-0.05, 0) is 57.0 Å². The standard InChI is InChI=1S/C18H24ClN5O/c1-3-16-17(18(25)23-9-5-6-13(12-23)11-20-2)21-22-24(16)15-8-4-7-14(19)10-15/h4,7-8,10,13,20H,3,5-6,9,11-12H2,1-2H3. The first-order valence-corrected chi connectivity index (χ1v) is 9.16. The molecule has 2 heterocycles. The van der Waals surface area contributed by atoms with E-state index in [2.05, 4.69) is 15.6 Å². The molecular weight excluding hydrogens is 338 g/mol. The molecule has 1 aliphatic rings.